The molecular weight excluding hydrogens is 380 g/mol. The lowest BCUT2D eigenvalue weighted by molar-refractivity contribution is -0.139. The summed E-state index contributed by atoms with van der Waals surface area (Å²) >= 11 is 0. The van der Waals surface area contributed by atoms with Crippen molar-refractivity contribution in [2.75, 3.05) is 34.9 Å². The number of ketones is 1. The van der Waals surface area contributed by atoms with Crippen LogP contribution in [0.5, 0.6) is 11.5 Å². The molecule has 0 aliphatic carbocycles. The highest BCUT2D eigenvalue weighted by Gasteiger charge is 2.20. The summed E-state index contributed by atoms with van der Waals surface area (Å²) in [6, 6.07) is 6.79. The van der Waals surface area contributed by atoms with Crippen molar-refractivity contribution >= 4 is 17.8 Å². The van der Waals surface area contributed by atoms with E-state index in [0.29, 0.717) is 34.1 Å². The van der Waals surface area contributed by atoms with Gasteiger partial charge in [0.15, 0.2) is 19.4 Å². The second-order valence-corrected chi connectivity index (χ2v) is 5.96. The summed E-state index contributed by atoms with van der Waals surface area (Å²) in [4.78, 5) is 23.1. The maximum Gasteiger partial charge on any atom is 0.310 e. The number of carbonyl (C=O) groups is 2. The molecule has 0 bridgehead atoms. The summed E-state index contributed by atoms with van der Waals surface area (Å²) in [5.41, 5.74) is 1.13. The van der Waals surface area contributed by atoms with E-state index in [1.807, 2.05) is 0 Å². The van der Waals surface area contributed by atoms with Gasteiger partial charge < -0.3 is 28.1 Å². The maximum absolute atomic E-state index is 12.0. The van der Waals surface area contributed by atoms with Crippen molar-refractivity contribution in [3.8, 4) is 22.8 Å². The van der Waals surface area contributed by atoms with Gasteiger partial charge in [0.25, 0.3) is 0 Å². The van der Waals surface area contributed by atoms with Crippen LogP contribution in [0.25, 0.3) is 17.4 Å². The molecule has 29 heavy (non-hydrogen) atoms. The molecule has 0 spiro atoms. The Labute approximate surface area is 168 Å². The van der Waals surface area contributed by atoms with E-state index in [2.05, 4.69) is 0 Å². The fourth-order valence-corrected chi connectivity index (χ4v) is 2.51. The molecule has 2 rings (SSSR count). The van der Waals surface area contributed by atoms with Gasteiger partial charge in [0.1, 0.15) is 23.0 Å². The lowest BCUT2D eigenvalue weighted by atomic mass is 10.0. The summed E-state index contributed by atoms with van der Waals surface area (Å²) in [6.07, 6.45) is 2.94. The fourth-order valence-electron chi connectivity index (χ4n) is 2.51. The number of carbonyl (C=O) groups excluding carboxylic acids is 2. The van der Waals surface area contributed by atoms with Crippen LogP contribution in [-0.2, 0) is 30.2 Å². The predicted octanol–water partition coefficient (Wildman–Crippen LogP) is 3.23. The molecule has 156 valence electrons. The molecule has 0 saturated carbocycles. The average molecular weight is 404 g/mol. The number of rotatable bonds is 11. The normalized spacial score (nSPS) is 10.9. The highest BCUT2D eigenvalue weighted by Crippen LogP contribution is 2.39. The van der Waals surface area contributed by atoms with Crippen LogP contribution < -0.4 is 9.47 Å². The van der Waals surface area contributed by atoms with Crippen molar-refractivity contribution in [1.29, 1.82) is 0 Å². The zero-order valence-electron chi connectivity index (χ0n) is 16.9. The SMILES string of the molecule is COCOc1cc(CC(=O)OC)c(-c2ccc(/C=C/C(C)=O)o2)c(OCOC)c1. The van der Waals surface area contributed by atoms with E-state index in [1.54, 1.807) is 30.3 Å². The monoisotopic (exact) mass is 404 g/mol. The van der Waals surface area contributed by atoms with E-state index in [4.69, 9.17) is 28.1 Å². The molecule has 8 heteroatoms. The molecule has 0 amide bonds. The quantitative estimate of drug-likeness (QED) is 0.320. The van der Waals surface area contributed by atoms with Crippen molar-refractivity contribution in [2.24, 2.45) is 0 Å². The Balaban J connectivity index is 2.55. The maximum atomic E-state index is 12.0. The van der Waals surface area contributed by atoms with Gasteiger partial charge in [0.2, 0.25) is 0 Å². The summed E-state index contributed by atoms with van der Waals surface area (Å²) in [5, 5.41) is 0. The molecular formula is C21H24O8. The summed E-state index contributed by atoms with van der Waals surface area (Å²) in [5.74, 6) is 1.25. The van der Waals surface area contributed by atoms with Crippen LogP contribution in [0.15, 0.2) is 34.8 Å². The summed E-state index contributed by atoms with van der Waals surface area (Å²) in [6.45, 7) is 1.46. The van der Waals surface area contributed by atoms with Gasteiger partial charge >= 0.3 is 5.97 Å². The first kappa shape index (κ1) is 22.2. The lowest BCUT2D eigenvalue weighted by Gasteiger charge is -2.16. The van der Waals surface area contributed by atoms with Gasteiger partial charge in [-0.25, -0.2) is 0 Å². The van der Waals surface area contributed by atoms with Crippen LogP contribution in [0.2, 0.25) is 0 Å². The fraction of sp³-hybridized carbons (Fsp3) is 0.333. The zero-order valence-corrected chi connectivity index (χ0v) is 16.9. The minimum absolute atomic E-state index is 0.0177. The van der Waals surface area contributed by atoms with Gasteiger partial charge in [-0.1, -0.05) is 0 Å². The Morgan fingerprint density at radius 2 is 1.76 bits per heavy atom. The number of ether oxygens (including phenoxy) is 5. The van der Waals surface area contributed by atoms with Crippen molar-refractivity contribution in [2.45, 2.75) is 13.3 Å². The van der Waals surface area contributed by atoms with Gasteiger partial charge in [-0.15, -0.1) is 0 Å². The molecule has 1 heterocycles. The molecule has 1 aromatic heterocycles. The molecule has 0 fully saturated rings. The van der Waals surface area contributed by atoms with Crippen molar-refractivity contribution in [3.63, 3.8) is 0 Å². The topological polar surface area (TPSA) is 93.4 Å². The zero-order chi connectivity index (χ0) is 21.2. The van der Waals surface area contributed by atoms with Crippen molar-refractivity contribution in [3.05, 3.63) is 41.7 Å². The Kier molecular flexibility index (Phi) is 8.45. The Morgan fingerprint density at radius 1 is 1.03 bits per heavy atom. The predicted molar refractivity (Wildman–Crippen MR) is 105 cm³/mol. The first-order valence-electron chi connectivity index (χ1n) is 8.74. The minimum atomic E-state index is -0.434. The van der Waals surface area contributed by atoms with Crippen LogP contribution in [-0.4, -0.2) is 46.7 Å². The van der Waals surface area contributed by atoms with E-state index in [1.165, 1.54) is 34.3 Å². The molecule has 2 aromatic rings. The van der Waals surface area contributed by atoms with Crippen LogP contribution in [0.3, 0.4) is 0 Å². The molecule has 0 saturated heterocycles. The van der Waals surface area contributed by atoms with Crippen LogP contribution in [0.1, 0.15) is 18.2 Å². The Morgan fingerprint density at radius 3 is 2.41 bits per heavy atom. The number of benzene rings is 1. The van der Waals surface area contributed by atoms with Crippen LogP contribution in [0.4, 0.5) is 0 Å². The van der Waals surface area contributed by atoms with Crippen LogP contribution in [0, 0.1) is 0 Å². The lowest BCUT2D eigenvalue weighted by Crippen LogP contribution is -2.09. The standard InChI is InChI=1S/C21H24O8/c1-14(22)5-6-16-7-8-18(29-16)21-15(10-20(23)26-4)9-17(27-12-24-2)11-19(21)28-13-25-3/h5-9,11H,10,12-13H2,1-4H3/b6-5+. The van der Waals surface area contributed by atoms with E-state index >= 15 is 0 Å². The van der Waals surface area contributed by atoms with Gasteiger partial charge in [0.05, 0.1) is 19.1 Å². The van der Waals surface area contributed by atoms with Crippen molar-refractivity contribution < 1.29 is 37.7 Å². The number of hydrogen-bond donors (Lipinski definition) is 0. The second-order valence-electron chi connectivity index (χ2n) is 5.96. The minimum Gasteiger partial charge on any atom is -0.469 e. The third-order valence-corrected chi connectivity index (χ3v) is 3.75. The van der Waals surface area contributed by atoms with E-state index in [-0.39, 0.29) is 25.8 Å². The highest BCUT2D eigenvalue weighted by molar-refractivity contribution is 5.91. The Hall–Kier alpha value is -3.10. The molecule has 8 nitrogen and oxygen atoms in total. The number of methoxy groups -OCH3 is 3. The van der Waals surface area contributed by atoms with Gasteiger partial charge in [-0.2, -0.15) is 0 Å². The molecule has 0 radical (unpaired) electrons. The van der Waals surface area contributed by atoms with Gasteiger partial charge in [0, 0.05) is 20.3 Å². The first-order valence-corrected chi connectivity index (χ1v) is 8.74. The second kappa shape index (κ2) is 11.0. The third kappa shape index (κ3) is 6.48. The van der Waals surface area contributed by atoms with E-state index in [9.17, 15) is 9.59 Å². The molecule has 0 N–H and O–H groups in total. The smallest absolute Gasteiger partial charge is 0.310 e. The molecule has 0 aliphatic rings. The largest absolute Gasteiger partial charge is 0.469 e. The highest BCUT2D eigenvalue weighted by atomic mass is 16.7. The molecule has 1 aromatic carbocycles. The molecule has 0 atom stereocenters. The van der Waals surface area contributed by atoms with Gasteiger partial charge in [-0.3, -0.25) is 9.59 Å². The van der Waals surface area contributed by atoms with Crippen LogP contribution >= 0.6 is 0 Å². The summed E-state index contributed by atoms with van der Waals surface area (Å²) < 4.78 is 31.8. The molecule has 0 aliphatic heterocycles. The van der Waals surface area contributed by atoms with E-state index in [0.717, 1.165) is 0 Å². The number of esters is 1. The Bertz CT molecular complexity index is 866. The number of hydrogen-bond acceptors (Lipinski definition) is 8. The molecule has 0 unspecified atom stereocenters. The summed E-state index contributed by atoms with van der Waals surface area (Å²) in [7, 11) is 4.32. The van der Waals surface area contributed by atoms with E-state index < -0.39 is 5.97 Å². The van der Waals surface area contributed by atoms with Crippen molar-refractivity contribution in [1.82, 2.24) is 0 Å². The van der Waals surface area contributed by atoms with Gasteiger partial charge in [-0.05, 0) is 42.8 Å². The average Bonchev–Trinajstić information content (AvgIpc) is 3.17. The number of furan rings is 1. The number of allylic oxidation sites excluding steroid dienone is 1. The first-order chi connectivity index (χ1) is 14.0. The third-order valence-electron chi connectivity index (χ3n) is 3.75.